The maximum atomic E-state index is 11.5. The minimum Gasteiger partial charge on any atom is -0.464 e. The van der Waals surface area contributed by atoms with E-state index in [0.29, 0.717) is 23.7 Å². The fourth-order valence-electron chi connectivity index (χ4n) is 1.32. The Bertz CT molecular complexity index is 347. The predicted molar refractivity (Wildman–Crippen MR) is 63.9 cm³/mol. The van der Waals surface area contributed by atoms with Crippen molar-refractivity contribution in [2.24, 2.45) is 9.98 Å². The highest BCUT2D eigenvalue weighted by molar-refractivity contribution is 7.82. The summed E-state index contributed by atoms with van der Waals surface area (Å²) in [7, 11) is 0. The molecule has 0 spiro atoms. The van der Waals surface area contributed by atoms with E-state index in [2.05, 4.69) is 9.98 Å². The molecule has 0 saturated carbocycles. The van der Waals surface area contributed by atoms with Gasteiger partial charge >= 0.3 is 5.97 Å². The van der Waals surface area contributed by atoms with Crippen LogP contribution in [0, 0.1) is 0 Å². The lowest BCUT2D eigenvalue weighted by atomic mass is 10.1. The fourth-order valence-corrected chi connectivity index (χ4v) is 1.66. The van der Waals surface area contributed by atoms with E-state index in [9.17, 15) is 4.79 Å². The van der Waals surface area contributed by atoms with E-state index in [1.54, 1.807) is 13.8 Å². The molecule has 0 aromatic carbocycles. The Balaban J connectivity index is 2.89. The number of hydrogen-bond donors (Lipinski definition) is 0. The molecule has 0 fully saturated rings. The number of hydrogen-bond acceptors (Lipinski definition) is 5. The minimum atomic E-state index is -0.674. The monoisotopic (exact) mass is 226 g/mol. The van der Waals surface area contributed by atoms with E-state index in [1.165, 1.54) is 0 Å². The SMILES string of the molecule is CCOC(=O)C1N=C(C)N=C(CC)C1=S. The molecule has 0 amide bonds. The van der Waals surface area contributed by atoms with Crippen molar-refractivity contribution in [2.45, 2.75) is 33.2 Å². The first-order chi connectivity index (χ1) is 7.10. The smallest absolute Gasteiger partial charge is 0.336 e. The number of esters is 1. The molecular formula is C10H14N2O2S. The third kappa shape index (κ3) is 2.68. The van der Waals surface area contributed by atoms with Crippen LogP contribution in [0.15, 0.2) is 9.98 Å². The van der Waals surface area contributed by atoms with Gasteiger partial charge in [0.15, 0.2) is 6.04 Å². The Morgan fingerprint density at radius 3 is 2.73 bits per heavy atom. The molecule has 1 aliphatic rings. The number of amidine groups is 1. The van der Waals surface area contributed by atoms with E-state index in [1.807, 2.05) is 6.92 Å². The second-order valence-corrected chi connectivity index (χ2v) is 3.55. The lowest BCUT2D eigenvalue weighted by molar-refractivity contribution is -0.142. The first kappa shape index (κ1) is 12.0. The summed E-state index contributed by atoms with van der Waals surface area (Å²) < 4.78 is 4.90. The maximum Gasteiger partial charge on any atom is 0.336 e. The molecule has 0 bridgehead atoms. The first-order valence-electron chi connectivity index (χ1n) is 4.93. The van der Waals surface area contributed by atoms with Crippen LogP contribution >= 0.6 is 12.2 Å². The molecule has 1 aliphatic heterocycles. The number of aliphatic imine (C=N–C) groups is 2. The van der Waals surface area contributed by atoms with Gasteiger partial charge in [0.1, 0.15) is 5.84 Å². The highest BCUT2D eigenvalue weighted by atomic mass is 32.1. The Morgan fingerprint density at radius 2 is 2.20 bits per heavy atom. The van der Waals surface area contributed by atoms with Crippen LogP contribution in [-0.4, -0.2) is 35.0 Å². The third-order valence-electron chi connectivity index (χ3n) is 1.99. The third-order valence-corrected chi connectivity index (χ3v) is 2.45. The quantitative estimate of drug-likeness (QED) is 0.542. The largest absolute Gasteiger partial charge is 0.464 e. The average molecular weight is 226 g/mol. The number of thiocarbonyl (C=S) groups is 1. The molecule has 0 aromatic rings. The topological polar surface area (TPSA) is 51.0 Å². The van der Waals surface area contributed by atoms with Crippen molar-refractivity contribution < 1.29 is 9.53 Å². The number of rotatable bonds is 3. The molecule has 1 atom stereocenters. The molecule has 0 aliphatic carbocycles. The van der Waals surface area contributed by atoms with Crippen LogP contribution in [0.3, 0.4) is 0 Å². The standard InChI is InChI=1S/C10H14N2O2S/c1-4-7-9(15)8(10(13)14-5-2)12-6(3)11-7/h8H,4-5H2,1-3H3. The minimum absolute atomic E-state index is 0.338. The van der Waals surface area contributed by atoms with Gasteiger partial charge in [-0.25, -0.2) is 14.8 Å². The van der Waals surface area contributed by atoms with Crippen LogP contribution in [0.5, 0.6) is 0 Å². The van der Waals surface area contributed by atoms with E-state index >= 15 is 0 Å². The van der Waals surface area contributed by atoms with Crippen LogP contribution < -0.4 is 0 Å². The lowest BCUT2D eigenvalue weighted by Crippen LogP contribution is -2.37. The molecule has 0 radical (unpaired) electrons. The normalized spacial score (nSPS) is 20.7. The Kier molecular flexibility index (Phi) is 4.08. The van der Waals surface area contributed by atoms with E-state index in [0.717, 1.165) is 5.71 Å². The Labute approximate surface area is 94.4 Å². The summed E-state index contributed by atoms with van der Waals surface area (Å²) in [6.45, 7) is 5.80. The summed E-state index contributed by atoms with van der Waals surface area (Å²) in [5.41, 5.74) is 0.760. The van der Waals surface area contributed by atoms with Gasteiger partial charge in [-0.15, -0.1) is 0 Å². The van der Waals surface area contributed by atoms with Crippen molar-refractivity contribution in [3.8, 4) is 0 Å². The highest BCUT2D eigenvalue weighted by Crippen LogP contribution is 2.10. The molecule has 1 rings (SSSR count). The molecule has 1 unspecified atom stereocenters. The molecular weight excluding hydrogens is 212 g/mol. The zero-order valence-corrected chi connectivity index (χ0v) is 9.93. The summed E-state index contributed by atoms with van der Waals surface area (Å²) in [4.78, 5) is 20.3. The van der Waals surface area contributed by atoms with Crippen LogP contribution in [0.25, 0.3) is 0 Å². The Hall–Kier alpha value is -1.10. The van der Waals surface area contributed by atoms with Gasteiger partial charge in [0, 0.05) is 0 Å². The summed E-state index contributed by atoms with van der Waals surface area (Å²) in [6, 6.07) is -0.674. The van der Waals surface area contributed by atoms with Crippen molar-refractivity contribution in [3.63, 3.8) is 0 Å². The van der Waals surface area contributed by atoms with Gasteiger partial charge < -0.3 is 4.74 Å². The van der Waals surface area contributed by atoms with E-state index in [4.69, 9.17) is 17.0 Å². The van der Waals surface area contributed by atoms with Gasteiger partial charge in [-0.2, -0.15) is 0 Å². The second kappa shape index (κ2) is 5.11. The Morgan fingerprint density at radius 1 is 1.53 bits per heavy atom. The van der Waals surface area contributed by atoms with Gasteiger partial charge in [-0.3, -0.25) is 0 Å². The summed E-state index contributed by atoms with van der Waals surface area (Å²) >= 11 is 5.15. The zero-order chi connectivity index (χ0) is 11.4. The van der Waals surface area contributed by atoms with Crippen molar-refractivity contribution in [1.82, 2.24) is 0 Å². The molecule has 0 aromatic heterocycles. The van der Waals surface area contributed by atoms with Crippen LogP contribution in [0.4, 0.5) is 0 Å². The average Bonchev–Trinajstić information content (AvgIpc) is 2.21. The summed E-state index contributed by atoms with van der Waals surface area (Å²) in [5.74, 6) is 0.196. The number of carbonyl (C=O) groups excluding carboxylic acids is 1. The molecule has 4 nitrogen and oxygen atoms in total. The first-order valence-corrected chi connectivity index (χ1v) is 5.33. The van der Waals surface area contributed by atoms with Crippen LogP contribution in [-0.2, 0) is 9.53 Å². The zero-order valence-electron chi connectivity index (χ0n) is 9.11. The molecule has 0 saturated heterocycles. The van der Waals surface area contributed by atoms with E-state index < -0.39 is 6.04 Å². The van der Waals surface area contributed by atoms with Gasteiger partial charge in [0.25, 0.3) is 0 Å². The molecule has 1 heterocycles. The predicted octanol–water partition coefficient (Wildman–Crippen LogP) is 1.57. The number of ether oxygens (including phenoxy) is 1. The highest BCUT2D eigenvalue weighted by Gasteiger charge is 2.29. The van der Waals surface area contributed by atoms with Gasteiger partial charge in [0.05, 0.1) is 17.2 Å². The maximum absolute atomic E-state index is 11.5. The molecule has 82 valence electrons. The van der Waals surface area contributed by atoms with Crippen molar-refractivity contribution in [1.29, 1.82) is 0 Å². The molecule has 0 N–H and O–H groups in total. The molecule has 15 heavy (non-hydrogen) atoms. The summed E-state index contributed by atoms with van der Waals surface area (Å²) in [6.07, 6.45) is 0.710. The fraction of sp³-hybridized carbons (Fsp3) is 0.600. The number of nitrogens with zero attached hydrogens (tertiary/aromatic N) is 2. The summed E-state index contributed by atoms with van der Waals surface area (Å²) in [5, 5.41) is 0. The van der Waals surface area contributed by atoms with Gasteiger partial charge in [-0.1, -0.05) is 19.1 Å². The molecule has 5 heteroatoms. The second-order valence-electron chi connectivity index (χ2n) is 3.11. The van der Waals surface area contributed by atoms with Crippen LogP contribution in [0.2, 0.25) is 0 Å². The van der Waals surface area contributed by atoms with Crippen molar-refractivity contribution >= 4 is 34.6 Å². The van der Waals surface area contributed by atoms with Gasteiger partial charge in [0.2, 0.25) is 0 Å². The lowest BCUT2D eigenvalue weighted by Gasteiger charge is -2.18. The van der Waals surface area contributed by atoms with Gasteiger partial charge in [-0.05, 0) is 20.3 Å². The van der Waals surface area contributed by atoms with Crippen LogP contribution in [0.1, 0.15) is 27.2 Å². The van der Waals surface area contributed by atoms with Crippen molar-refractivity contribution in [2.75, 3.05) is 6.61 Å². The van der Waals surface area contributed by atoms with Crippen molar-refractivity contribution in [3.05, 3.63) is 0 Å². The van der Waals surface area contributed by atoms with E-state index in [-0.39, 0.29) is 5.97 Å². The number of carbonyl (C=O) groups is 1.